The van der Waals surface area contributed by atoms with E-state index < -0.39 is 9.84 Å². The second-order valence-corrected chi connectivity index (χ2v) is 6.83. The third-order valence-electron chi connectivity index (χ3n) is 3.02. The summed E-state index contributed by atoms with van der Waals surface area (Å²) in [6.45, 7) is 0. The van der Waals surface area contributed by atoms with E-state index in [1.165, 1.54) is 0 Å². The maximum absolute atomic E-state index is 11.6. The van der Waals surface area contributed by atoms with Crippen LogP contribution in [-0.2, 0) is 9.84 Å². The molecule has 2 N–H and O–H groups in total. The highest BCUT2D eigenvalue weighted by Gasteiger charge is 2.32. The molecule has 0 aromatic heterocycles. The van der Waals surface area contributed by atoms with Gasteiger partial charge in [-0.3, -0.25) is 0 Å². The summed E-state index contributed by atoms with van der Waals surface area (Å²) in [5.41, 5.74) is 6.83. The molecule has 0 saturated carbocycles. The zero-order valence-electron chi connectivity index (χ0n) is 8.77. The van der Waals surface area contributed by atoms with Crippen molar-refractivity contribution in [2.24, 2.45) is 5.73 Å². The molecule has 2 rings (SSSR count). The normalized spacial score (nSPS) is 28.9. The van der Waals surface area contributed by atoms with Crippen LogP contribution in [0.3, 0.4) is 0 Å². The number of benzene rings is 1. The molecule has 1 fully saturated rings. The second kappa shape index (κ2) is 4.35. The number of nitrogens with two attached hydrogens (primary N) is 1. The van der Waals surface area contributed by atoms with Crippen molar-refractivity contribution in [3.05, 3.63) is 34.9 Å². The SMILES string of the molecule is NC1CCS(=O)(=O)CC1c1ccccc1Cl. The quantitative estimate of drug-likeness (QED) is 0.833. The van der Waals surface area contributed by atoms with Crippen LogP contribution in [0.5, 0.6) is 0 Å². The molecule has 0 radical (unpaired) electrons. The highest BCUT2D eigenvalue weighted by Crippen LogP contribution is 2.31. The van der Waals surface area contributed by atoms with E-state index >= 15 is 0 Å². The maximum atomic E-state index is 11.6. The topological polar surface area (TPSA) is 60.2 Å². The van der Waals surface area contributed by atoms with Gasteiger partial charge < -0.3 is 5.73 Å². The van der Waals surface area contributed by atoms with Gasteiger partial charge in [0.2, 0.25) is 0 Å². The molecule has 16 heavy (non-hydrogen) atoms. The Labute approximate surface area is 101 Å². The number of hydrogen-bond acceptors (Lipinski definition) is 3. The first-order valence-corrected chi connectivity index (χ1v) is 7.40. The van der Waals surface area contributed by atoms with Crippen LogP contribution < -0.4 is 5.73 Å². The lowest BCUT2D eigenvalue weighted by Gasteiger charge is -2.29. The van der Waals surface area contributed by atoms with Crippen LogP contribution in [0.2, 0.25) is 5.02 Å². The molecule has 2 unspecified atom stereocenters. The molecular formula is C11H14ClNO2S. The lowest BCUT2D eigenvalue weighted by molar-refractivity contribution is 0.504. The molecule has 5 heteroatoms. The molecule has 1 saturated heterocycles. The number of sulfone groups is 1. The van der Waals surface area contributed by atoms with Gasteiger partial charge >= 0.3 is 0 Å². The lowest BCUT2D eigenvalue weighted by atomic mass is 9.92. The van der Waals surface area contributed by atoms with Gasteiger partial charge in [-0.15, -0.1) is 0 Å². The number of rotatable bonds is 1. The van der Waals surface area contributed by atoms with Crippen LogP contribution in [0.1, 0.15) is 17.9 Å². The molecule has 1 aliphatic rings. The molecule has 1 heterocycles. The van der Waals surface area contributed by atoms with Crippen LogP contribution in [0.25, 0.3) is 0 Å². The van der Waals surface area contributed by atoms with Crippen molar-refractivity contribution in [1.29, 1.82) is 0 Å². The van der Waals surface area contributed by atoms with Gasteiger partial charge in [-0.2, -0.15) is 0 Å². The molecule has 1 aliphatic heterocycles. The first-order valence-electron chi connectivity index (χ1n) is 5.20. The molecule has 1 aromatic rings. The monoisotopic (exact) mass is 259 g/mol. The second-order valence-electron chi connectivity index (χ2n) is 4.19. The average Bonchev–Trinajstić information content (AvgIpc) is 2.23. The van der Waals surface area contributed by atoms with Gasteiger partial charge in [0.25, 0.3) is 0 Å². The van der Waals surface area contributed by atoms with Crippen molar-refractivity contribution >= 4 is 21.4 Å². The molecule has 3 nitrogen and oxygen atoms in total. The Bertz CT molecular complexity index is 487. The molecule has 0 amide bonds. The van der Waals surface area contributed by atoms with E-state index in [1.54, 1.807) is 6.07 Å². The Kier molecular flexibility index (Phi) is 3.24. The standard InChI is InChI=1S/C11H14ClNO2S/c12-10-4-2-1-3-8(10)9-7-16(14,15)6-5-11(9)13/h1-4,9,11H,5-7,13H2. The predicted octanol–water partition coefficient (Wildman–Crippen LogP) is 1.57. The highest BCUT2D eigenvalue weighted by atomic mass is 35.5. The van der Waals surface area contributed by atoms with Crippen molar-refractivity contribution in [3.8, 4) is 0 Å². The number of hydrogen-bond donors (Lipinski definition) is 1. The molecule has 0 aliphatic carbocycles. The summed E-state index contributed by atoms with van der Waals surface area (Å²) in [6.07, 6.45) is 0.512. The maximum Gasteiger partial charge on any atom is 0.151 e. The minimum Gasteiger partial charge on any atom is -0.327 e. The first-order chi connectivity index (χ1) is 7.49. The van der Waals surface area contributed by atoms with Crippen molar-refractivity contribution < 1.29 is 8.42 Å². The van der Waals surface area contributed by atoms with E-state index in [0.29, 0.717) is 11.4 Å². The third kappa shape index (κ3) is 2.39. The number of halogens is 1. The lowest BCUT2D eigenvalue weighted by Crippen LogP contribution is -2.40. The van der Waals surface area contributed by atoms with Gasteiger partial charge in [0.15, 0.2) is 9.84 Å². The van der Waals surface area contributed by atoms with Crippen molar-refractivity contribution in [3.63, 3.8) is 0 Å². The fraction of sp³-hybridized carbons (Fsp3) is 0.455. The molecule has 1 aromatic carbocycles. The van der Waals surface area contributed by atoms with E-state index in [4.69, 9.17) is 17.3 Å². The summed E-state index contributed by atoms with van der Waals surface area (Å²) in [7, 11) is -2.97. The van der Waals surface area contributed by atoms with E-state index in [-0.39, 0.29) is 23.5 Å². The zero-order valence-corrected chi connectivity index (χ0v) is 10.3. The Hall–Kier alpha value is -0.580. The van der Waals surface area contributed by atoms with Crippen molar-refractivity contribution in [2.45, 2.75) is 18.4 Å². The van der Waals surface area contributed by atoms with E-state index in [2.05, 4.69) is 0 Å². The van der Waals surface area contributed by atoms with Gasteiger partial charge in [0, 0.05) is 17.0 Å². The van der Waals surface area contributed by atoms with E-state index in [0.717, 1.165) is 5.56 Å². The van der Waals surface area contributed by atoms with Crippen LogP contribution in [-0.4, -0.2) is 26.0 Å². The molecule has 88 valence electrons. The molecule has 0 bridgehead atoms. The smallest absolute Gasteiger partial charge is 0.151 e. The van der Waals surface area contributed by atoms with Gasteiger partial charge in [-0.1, -0.05) is 29.8 Å². The van der Waals surface area contributed by atoms with Crippen LogP contribution in [0.15, 0.2) is 24.3 Å². The minimum absolute atomic E-state index is 0.109. The highest BCUT2D eigenvalue weighted by molar-refractivity contribution is 7.91. The van der Waals surface area contributed by atoms with Crippen LogP contribution in [0.4, 0.5) is 0 Å². The summed E-state index contributed by atoms with van der Waals surface area (Å²) in [5.74, 6) is 0.125. The first kappa shape index (κ1) is 11.9. The Morgan fingerprint density at radius 2 is 2.00 bits per heavy atom. The minimum atomic E-state index is -2.97. The fourth-order valence-electron chi connectivity index (χ4n) is 2.09. The Morgan fingerprint density at radius 1 is 1.31 bits per heavy atom. The van der Waals surface area contributed by atoms with E-state index in [9.17, 15) is 8.42 Å². The average molecular weight is 260 g/mol. The van der Waals surface area contributed by atoms with Crippen LogP contribution >= 0.6 is 11.6 Å². The summed E-state index contributed by atoms with van der Waals surface area (Å²) in [4.78, 5) is 0. The van der Waals surface area contributed by atoms with Crippen molar-refractivity contribution in [2.75, 3.05) is 11.5 Å². The Morgan fingerprint density at radius 3 is 2.69 bits per heavy atom. The summed E-state index contributed by atoms with van der Waals surface area (Å²) >= 11 is 6.07. The molecule has 0 spiro atoms. The zero-order chi connectivity index (χ0) is 11.8. The Balaban J connectivity index is 2.36. The van der Waals surface area contributed by atoms with Crippen LogP contribution in [0, 0.1) is 0 Å². The fourth-order valence-corrected chi connectivity index (χ4v) is 4.14. The van der Waals surface area contributed by atoms with Gasteiger partial charge in [0.05, 0.1) is 11.5 Å². The largest absolute Gasteiger partial charge is 0.327 e. The van der Waals surface area contributed by atoms with E-state index in [1.807, 2.05) is 18.2 Å². The van der Waals surface area contributed by atoms with Crippen molar-refractivity contribution in [1.82, 2.24) is 0 Å². The molecular weight excluding hydrogens is 246 g/mol. The van der Waals surface area contributed by atoms with Gasteiger partial charge in [-0.05, 0) is 18.1 Å². The van der Waals surface area contributed by atoms with Gasteiger partial charge in [-0.25, -0.2) is 8.42 Å². The summed E-state index contributed by atoms with van der Waals surface area (Å²) in [6, 6.07) is 7.19. The summed E-state index contributed by atoms with van der Waals surface area (Å²) in [5, 5.41) is 0.597. The third-order valence-corrected chi connectivity index (χ3v) is 5.09. The molecule has 2 atom stereocenters. The predicted molar refractivity (Wildman–Crippen MR) is 65.4 cm³/mol. The van der Waals surface area contributed by atoms with Gasteiger partial charge in [0.1, 0.15) is 0 Å². The summed E-state index contributed by atoms with van der Waals surface area (Å²) < 4.78 is 23.2.